The summed E-state index contributed by atoms with van der Waals surface area (Å²) in [6.07, 6.45) is -7.04. The quantitative estimate of drug-likeness (QED) is 0.313. The van der Waals surface area contributed by atoms with Gasteiger partial charge in [-0.05, 0) is 61.4 Å². The fraction of sp³-hybridized carbons (Fsp3) is 0.304. The van der Waals surface area contributed by atoms with E-state index in [9.17, 15) is 26.3 Å². The maximum Gasteiger partial charge on any atom is 0.401 e. The number of ether oxygens (including phenoxy) is 2. The van der Waals surface area contributed by atoms with Crippen LogP contribution >= 0.6 is 0 Å². The highest BCUT2D eigenvalue weighted by Gasteiger charge is 2.65. The Morgan fingerprint density at radius 3 is 1.64 bits per heavy atom. The number of hydrogen-bond acceptors (Lipinski definition) is 4. The van der Waals surface area contributed by atoms with Crippen molar-refractivity contribution >= 4 is 11.4 Å². The standard InChI is InChI=1S/C23H22F6N2O2/c1-13-11-15(6-8-18(13)30)32-21(33-16-7-9-19(31)14(2)12-16)10-4-3-5-17(21)20(22(24,25)26)23(27,28)29/h3-12,17,20H,30-31H2,1-2H3. The molecule has 4 nitrogen and oxygen atoms in total. The van der Waals surface area contributed by atoms with Crippen molar-refractivity contribution in [3.8, 4) is 11.5 Å². The predicted molar refractivity (Wildman–Crippen MR) is 113 cm³/mol. The molecule has 0 heterocycles. The highest BCUT2D eigenvalue weighted by molar-refractivity contribution is 5.51. The number of nitrogens with two attached hydrogens (primary N) is 2. The lowest BCUT2D eigenvalue weighted by Gasteiger charge is -2.42. The normalized spacial score (nSPS) is 17.9. The number of rotatable bonds is 5. The van der Waals surface area contributed by atoms with E-state index < -0.39 is 30.0 Å². The van der Waals surface area contributed by atoms with Gasteiger partial charge < -0.3 is 20.9 Å². The van der Waals surface area contributed by atoms with Gasteiger partial charge in [-0.2, -0.15) is 26.3 Å². The van der Waals surface area contributed by atoms with Gasteiger partial charge in [0.05, 0.1) is 5.92 Å². The van der Waals surface area contributed by atoms with Crippen molar-refractivity contribution in [1.29, 1.82) is 0 Å². The van der Waals surface area contributed by atoms with Crippen molar-refractivity contribution in [2.24, 2.45) is 11.8 Å². The van der Waals surface area contributed by atoms with Crippen LogP contribution in [0.2, 0.25) is 0 Å². The summed E-state index contributed by atoms with van der Waals surface area (Å²) in [6, 6.07) is 8.40. The van der Waals surface area contributed by atoms with Gasteiger partial charge in [-0.1, -0.05) is 18.2 Å². The second kappa shape index (κ2) is 8.57. The minimum absolute atomic E-state index is 0.0121. The average Bonchev–Trinajstić information content (AvgIpc) is 2.67. The highest BCUT2D eigenvalue weighted by atomic mass is 19.4. The molecular formula is C23H22F6N2O2. The van der Waals surface area contributed by atoms with Crippen LogP contribution in [-0.2, 0) is 0 Å². The molecule has 2 aromatic rings. The summed E-state index contributed by atoms with van der Waals surface area (Å²) < 4.78 is 94.0. The zero-order chi connectivity index (χ0) is 24.6. The number of benzene rings is 2. The fourth-order valence-electron chi connectivity index (χ4n) is 3.57. The van der Waals surface area contributed by atoms with Crippen molar-refractivity contribution in [1.82, 2.24) is 0 Å². The minimum Gasteiger partial charge on any atom is -0.448 e. The van der Waals surface area contributed by atoms with E-state index in [1.54, 1.807) is 13.8 Å². The molecule has 1 aliphatic rings. The molecule has 3 rings (SSSR count). The number of alkyl halides is 6. The Morgan fingerprint density at radius 2 is 1.24 bits per heavy atom. The molecule has 0 bridgehead atoms. The third-order valence-electron chi connectivity index (χ3n) is 5.32. The van der Waals surface area contributed by atoms with Gasteiger partial charge in [-0.3, -0.25) is 0 Å². The number of nitrogen functional groups attached to an aromatic ring is 2. The summed E-state index contributed by atoms with van der Waals surface area (Å²) in [5.41, 5.74) is 13.4. The molecule has 0 saturated carbocycles. The van der Waals surface area contributed by atoms with E-state index in [-0.39, 0.29) is 11.5 Å². The molecule has 0 amide bonds. The monoisotopic (exact) mass is 472 g/mol. The Hall–Kier alpha value is -3.30. The lowest BCUT2D eigenvalue weighted by atomic mass is 9.80. The topological polar surface area (TPSA) is 70.5 Å². The predicted octanol–water partition coefficient (Wildman–Crippen LogP) is 6.10. The van der Waals surface area contributed by atoms with Crippen molar-refractivity contribution in [2.75, 3.05) is 11.5 Å². The van der Waals surface area contributed by atoms with Crippen LogP contribution in [0.25, 0.3) is 0 Å². The Morgan fingerprint density at radius 1 is 0.788 bits per heavy atom. The molecule has 0 fully saturated rings. The third-order valence-corrected chi connectivity index (χ3v) is 5.32. The first kappa shape index (κ1) is 24.3. The number of anilines is 2. The summed E-state index contributed by atoms with van der Waals surface area (Å²) in [7, 11) is 0. The van der Waals surface area contributed by atoms with Gasteiger partial charge in [0.2, 0.25) is 0 Å². The van der Waals surface area contributed by atoms with E-state index in [0.717, 1.165) is 18.2 Å². The minimum atomic E-state index is -5.62. The highest BCUT2D eigenvalue weighted by Crippen LogP contribution is 2.50. The number of allylic oxidation sites excluding steroid dienone is 2. The van der Waals surface area contributed by atoms with Crippen molar-refractivity contribution in [3.63, 3.8) is 0 Å². The summed E-state index contributed by atoms with van der Waals surface area (Å²) in [4.78, 5) is 0. The molecule has 4 N–H and O–H groups in total. The Labute approximate surface area is 186 Å². The van der Waals surface area contributed by atoms with Gasteiger partial charge in [0.1, 0.15) is 11.5 Å². The molecule has 0 aromatic heterocycles. The Kier molecular flexibility index (Phi) is 6.32. The van der Waals surface area contributed by atoms with Crippen LogP contribution in [0.3, 0.4) is 0 Å². The third kappa shape index (κ3) is 5.20. The number of aryl methyl sites for hydroxylation is 2. The molecule has 10 heteroatoms. The molecule has 33 heavy (non-hydrogen) atoms. The molecule has 0 aliphatic heterocycles. The maximum absolute atomic E-state index is 13.7. The molecule has 178 valence electrons. The lowest BCUT2D eigenvalue weighted by Crippen LogP contribution is -2.56. The van der Waals surface area contributed by atoms with Crippen LogP contribution in [0.4, 0.5) is 37.7 Å². The van der Waals surface area contributed by atoms with Gasteiger partial charge in [0.15, 0.2) is 5.92 Å². The first-order valence-electron chi connectivity index (χ1n) is 9.83. The molecule has 1 unspecified atom stereocenters. The van der Waals surface area contributed by atoms with Gasteiger partial charge in [0, 0.05) is 17.5 Å². The van der Waals surface area contributed by atoms with E-state index in [4.69, 9.17) is 20.9 Å². The second-order valence-electron chi connectivity index (χ2n) is 7.79. The average molecular weight is 472 g/mol. The molecular weight excluding hydrogens is 450 g/mol. The maximum atomic E-state index is 13.7. The van der Waals surface area contributed by atoms with Gasteiger partial charge >= 0.3 is 12.4 Å². The first-order valence-corrected chi connectivity index (χ1v) is 9.83. The zero-order valence-corrected chi connectivity index (χ0v) is 17.7. The number of hydrogen-bond donors (Lipinski definition) is 2. The van der Waals surface area contributed by atoms with Crippen LogP contribution in [0, 0.1) is 25.7 Å². The summed E-state index contributed by atoms with van der Waals surface area (Å²) in [5, 5.41) is 0. The van der Waals surface area contributed by atoms with Gasteiger partial charge in [0.25, 0.3) is 5.79 Å². The summed E-state index contributed by atoms with van der Waals surface area (Å²) in [5.74, 6) is -8.55. The molecule has 1 aliphatic carbocycles. The zero-order valence-electron chi connectivity index (χ0n) is 17.7. The molecule has 0 radical (unpaired) electrons. The molecule has 2 aromatic carbocycles. The van der Waals surface area contributed by atoms with E-state index in [1.807, 2.05) is 0 Å². The molecule has 0 saturated heterocycles. The second-order valence-corrected chi connectivity index (χ2v) is 7.79. The van der Waals surface area contributed by atoms with Crippen LogP contribution in [0.5, 0.6) is 11.5 Å². The molecule has 0 spiro atoms. The summed E-state index contributed by atoms with van der Waals surface area (Å²) in [6.45, 7) is 3.25. The smallest absolute Gasteiger partial charge is 0.401 e. The van der Waals surface area contributed by atoms with E-state index in [2.05, 4.69) is 0 Å². The Bertz CT molecular complexity index is 1010. The van der Waals surface area contributed by atoms with Crippen molar-refractivity contribution < 1.29 is 35.8 Å². The number of halogens is 6. The molecule has 1 atom stereocenters. The van der Waals surface area contributed by atoms with Crippen LogP contribution in [0.15, 0.2) is 60.7 Å². The van der Waals surface area contributed by atoms with Crippen LogP contribution in [-0.4, -0.2) is 18.1 Å². The van der Waals surface area contributed by atoms with E-state index >= 15 is 0 Å². The van der Waals surface area contributed by atoms with Crippen LogP contribution < -0.4 is 20.9 Å². The summed E-state index contributed by atoms with van der Waals surface area (Å²) >= 11 is 0. The van der Waals surface area contributed by atoms with Crippen molar-refractivity contribution in [2.45, 2.75) is 32.0 Å². The fourth-order valence-corrected chi connectivity index (χ4v) is 3.57. The SMILES string of the molecule is Cc1cc(OC2(Oc3ccc(N)c(C)c3)C=CC=CC2C(C(F)(F)F)C(F)(F)F)ccc1N. The van der Waals surface area contributed by atoms with Gasteiger partial charge in [-0.15, -0.1) is 0 Å². The Balaban J connectivity index is 2.17. The van der Waals surface area contributed by atoms with Crippen molar-refractivity contribution in [3.05, 3.63) is 71.8 Å². The first-order chi connectivity index (χ1) is 15.2. The van der Waals surface area contributed by atoms with E-state index in [0.29, 0.717) is 22.5 Å². The largest absolute Gasteiger partial charge is 0.448 e. The van der Waals surface area contributed by atoms with Crippen LogP contribution in [0.1, 0.15) is 11.1 Å². The lowest BCUT2D eigenvalue weighted by molar-refractivity contribution is -0.314. The van der Waals surface area contributed by atoms with Gasteiger partial charge in [-0.25, -0.2) is 0 Å². The van der Waals surface area contributed by atoms with E-state index in [1.165, 1.54) is 42.5 Å².